The largest absolute Gasteiger partial charge is 0.377 e. The Kier molecular flexibility index (Phi) is 6.59. The van der Waals surface area contributed by atoms with E-state index in [2.05, 4.69) is 15.3 Å². The quantitative estimate of drug-likeness (QED) is 0.564. The normalized spacial score (nSPS) is 16.1. The van der Waals surface area contributed by atoms with Gasteiger partial charge >= 0.3 is 0 Å². The summed E-state index contributed by atoms with van der Waals surface area (Å²) in [5, 5.41) is 3.47. The Morgan fingerprint density at radius 2 is 2.06 bits per heavy atom. The SMILES string of the molecule is CCn1c(C(F)F)nc2sc(N3CCC[C@@H]3C(=O)NCc3ccccc3N(C)C)nc2c1=O. The van der Waals surface area contributed by atoms with E-state index in [0.29, 0.717) is 24.6 Å². The van der Waals surface area contributed by atoms with Gasteiger partial charge in [0.05, 0.1) is 0 Å². The topological polar surface area (TPSA) is 83.4 Å². The number of hydrogen-bond donors (Lipinski definition) is 1. The van der Waals surface area contributed by atoms with Crippen LogP contribution in [-0.2, 0) is 17.9 Å². The van der Waals surface area contributed by atoms with Crippen molar-refractivity contribution in [3.63, 3.8) is 0 Å². The molecule has 1 saturated heterocycles. The Balaban J connectivity index is 1.57. The van der Waals surface area contributed by atoms with E-state index in [1.54, 1.807) is 6.92 Å². The molecule has 2 aromatic heterocycles. The average molecular weight is 477 g/mol. The Hall–Kier alpha value is -3.08. The van der Waals surface area contributed by atoms with Gasteiger partial charge in [-0.3, -0.25) is 14.2 Å². The molecule has 1 N–H and O–H groups in total. The lowest BCUT2D eigenvalue weighted by molar-refractivity contribution is -0.122. The molecule has 33 heavy (non-hydrogen) atoms. The van der Waals surface area contributed by atoms with Crippen LogP contribution in [0.5, 0.6) is 0 Å². The molecule has 0 radical (unpaired) electrons. The zero-order chi connectivity index (χ0) is 23.7. The average Bonchev–Trinajstić information content (AvgIpc) is 3.44. The first-order chi connectivity index (χ1) is 15.8. The summed E-state index contributed by atoms with van der Waals surface area (Å²) in [6, 6.07) is 7.41. The molecule has 1 amide bonds. The van der Waals surface area contributed by atoms with Gasteiger partial charge in [-0.25, -0.2) is 18.7 Å². The van der Waals surface area contributed by atoms with Crippen molar-refractivity contribution in [1.29, 1.82) is 0 Å². The van der Waals surface area contributed by atoms with Crippen molar-refractivity contribution in [3.05, 3.63) is 46.0 Å². The highest BCUT2D eigenvalue weighted by molar-refractivity contribution is 7.21. The van der Waals surface area contributed by atoms with E-state index in [1.165, 1.54) is 0 Å². The van der Waals surface area contributed by atoms with E-state index in [-0.39, 0.29) is 22.8 Å². The summed E-state index contributed by atoms with van der Waals surface area (Å²) in [5.74, 6) is -0.687. The van der Waals surface area contributed by atoms with Crippen LogP contribution in [0.15, 0.2) is 29.1 Å². The maximum Gasteiger partial charge on any atom is 0.295 e. The van der Waals surface area contributed by atoms with Crippen LogP contribution in [-0.4, -0.2) is 47.1 Å². The molecule has 0 bridgehead atoms. The number of amides is 1. The smallest absolute Gasteiger partial charge is 0.295 e. The van der Waals surface area contributed by atoms with E-state index in [1.807, 2.05) is 48.2 Å². The molecule has 0 saturated carbocycles. The van der Waals surface area contributed by atoms with Crippen molar-refractivity contribution < 1.29 is 13.6 Å². The predicted octanol–water partition coefficient (Wildman–Crippen LogP) is 3.16. The number of carbonyl (C=O) groups is 1. The minimum Gasteiger partial charge on any atom is -0.377 e. The summed E-state index contributed by atoms with van der Waals surface area (Å²) in [5.41, 5.74) is 1.51. The van der Waals surface area contributed by atoms with Crippen LogP contribution in [0.2, 0.25) is 0 Å². The molecule has 8 nitrogen and oxygen atoms in total. The first-order valence-corrected chi connectivity index (χ1v) is 11.6. The number of para-hydroxylation sites is 1. The van der Waals surface area contributed by atoms with Crippen LogP contribution in [0.4, 0.5) is 19.6 Å². The number of nitrogens with one attached hydrogen (secondary N) is 1. The van der Waals surface area contributed by atoms with Gasteiger partial charge in [-0.05, 0) is 31.4 Å². The highest BCUT2D eigenvalue weighted by Gasteiger charge is 2.33. The number of aromatic nitrogens is 3. The van der Waals surface area contributed by atoms with Crippen molar-refractivity contribution in [2.24, 2.45) is 0 Å². The number of carbonyl (C=O) groups excluding carboxylic acids is 1. The highest BCUT2D eigenvalue weighted by Crippen LogP contribution is 2.32. The molecular weight excluding hydrogens is 450 g/mol. The Bertz CT molecular complexity index is 1230. The third-order valence-electron chi connectivity index (χ3n) is 5.78. The van der Waals surface area contributed by atoms with Crippen molar-refractivity contribution in [2.75, 3.05) is 30.4 Å². The van der Waals surface area contributed by atoms with Crippen LogP contribution in [0.25, 0.3) is 10.3 Å². The molecule has 3 heterocycles. The standard InChI is InChI=1S/C22H26F2N6O2S/c1-4-29-18(17(23)24)27-20-16(21(29)32)26-22(33-20)30-11-7-10-15(30)19(31)25-12-13-8-5-6-9-14(13)28(2)3/h5-6,8-9,15,17H,4,7,10-12H2,1-3H3,(H,25,31)/t15-/m1/s1. The summed E-state index contributed by atoms with van der Waals surface area (Å²) < 4.78 is 27.7. The van der Waals surface area contributed by atoms with Gasteiger partial charge in [0.15, 0.2) is 21.3 Å². The van der Waals surface area contributed by atoms with Crippen LogP contribution < -0.4 is 20.7 Å². The first-order valence-electron chi connectivity index (χ1n) is 10.8. The third kappa shape index (κ3) is 4.41. The second kappa shape index (κ2) is 9.42. The molecule has 0 aliphatic carbocycles. The number of nitrogens with zero attached hydrogens (tertiary/aromatic N) is 5. The molecule has 4 rings (SSSR count). The Morgan fingerprint density at radius 3 is 2.76 bits per heavy atom. The molecule has 1 atom stereocenters. The van der Waals surface area contributed by atoms with Gasteiger partial charge < -0.3 is 15.1 Å². The van der Waals surface area contributed by atoms with Crippen molar-refractivity contribution in [1.82, 2.24) is 19.9 Å². The monoisotopic (exact) mass is 476 g/mol. The van der Waals surface area contributed by atoms with E-state index in [0.717, 1.165) is 33.6 Å². The molecule has 0 unspecified atom stereocenters. The van der Waals surface area contributed by atoms with Gasteiger partial charge in [0.2, 0.25) is 5.91 Å². The summed E-state index contributed by atoms with van der Waals surface area (Å²) in [7, 11) is 3.90. The number of hydrogen-bond acceptors (Lipinski definition) is 7. The molecule has 176 valence electrons. The van der Waals surface area contributed by atoms with Gasteiger partial charge in [-0.1, -0.05) is 29.5 Å². The van der Waals surface area contributed by atoms with Gasteiger partial charge in [0.25, 0.3) is 12.0 Å². The number of benzene rings is 1. The van der Waals surface area contributed by atoms with Gasteiger partial charge in [-0.15, -0.1) is 0 Å². The van der Waals surface area contributed by atoms with Gasteiger partial charge in [0, 0.05) is 39.4 Å². The van der Waals surface area contributed by atoms with E-state index < -0.39 is 23.9 Å². The van der Waals surface area contributed by atoms with Crippen LogP contribution >= 0.6 is 11.3 Å². The highest BCUT2D eigenvalue weighted by atomic mass is 32.1. The van der Waals surface area contributed by atoms with E-state index in [4.69, 9.17) is 0 Å². The third-order valence-corrected chi connectivity index (χ3v) is 6.76. The number of alkyl halides is 2. The lowest BCUT2D eigenvalue weighted by atomic mass is 10.1. The Labute approximate surface area is 193 Å². The van der Waals surface area contributed by atoms with Crippen LogP contribution in [0.1, 0.15) is 37.6 Å². The lowest BCUT2D eigenvalue weighted by Crippen LogP contribution is -2.43. The number of thiazole rings is 1. The maximum absolute atomic E-state index is 13.4. The number of halogens is 2. The minimum atomic E-state index is -2.86. The van der Waals surface area contributed by atoms with E-state index >= 15 is 0 Å². The summed E-state index contributed by atoms with van der Waals surface area (Å²) in [6.07, 6.45) is -1.42. The molecular formula is C22H26F2N6O2S. The zero-order valence-corrected chi connectivity index (χ0v) is 19.5. The minimum absolute atomic E-state index is 0.0622. The fourth-order valence-electron chi connectivity index (χ4n) is 4.17. The molecule has 1 aliphatic rings. The molecule has 3 aromatic rings. The zero-order valence-electron chi connectivity index (χ0n) is 18.7. The number of fused-ring (bicyclic) bond motifs is 1. The Morgan fingerprint density at radius 1 is 1.30 bits per heavy atom. The first kappa shape index (κ1) is 23.1. The van der Waals surface area contributed by atoms with Gasteiger partial charge in [-0.2, -0.15) is 0 Å². The fourth-order valence-corrected chi connectivity index (χ4v) is 5.19. The van der Waals surface area contributed by atoms with Crippen molar-refractivity contribution >= 4 is 38.4 Å². The maximum atomic E-state index is 13.4. The molecule has 1 aliphatic heterocycles. The summed E-state index contributed by atoms with van der Waals surface area (Å²) >= 11 is 1.07. The predicted molar refractivity (Wildman–Crippen MR) is 125 cm³/mol. The van der Waals surface area contributed by atoms with Crippen LogP contribution in [0, 0.1) is 0 Å². The molecule has 1 fully saturated rings. The number of anilines is 2. The molecule has 0 spiro atoms. The molecule has 1 aromatic carbocycles. The van der Waals surface area contributed by atoms with Crippen molar-refractivity contribution in [3.8, 4) is 0 Å². The van der Waals surface area contributed by atoms with Crippen molar-refractivity contribution in [2.45, 2.75) is 45.3 Å². The molecule has 11 heteroatoms. The van der Waals surface area contributed by atoms with Crippen LogP contribution in [0.3, 0.4) is 0 Å². The summed E-state index contributed by atoms with van der Waals surface area (Å²) in [4.78, 5) is 38.2. The number of rotatable bonds is 7. The lowest BCUT2D eigenvalue weighted by Gasteiger charge is -2.24. The van der Waals surface area contributed by atoms with E-state index in [9.17, 15) is 18.4 Å². The second-order valence-corrected chi connectivity index (χ2v) is 9.02. The summed E-state index contributed by atoms with van der Waals surface area (Å²) in [6.45, 7) is 2.68. The fraction of sp³-hybridized carbons (Fsp3) is 0.455. The second-order valence-electron chi connectivity index (χ2n) is 8.06. The van der Waals surface area contributed by atoms with Gasteiger partial charge in [0.1, 0.15) is 6.04 Å².